The molecule has 2 aliphatic carbocycles. The molecule has 2 saturated carbocycles. The number of carbonyl (C=O) groups excluding carboxylic acids is 2. The van der Waals surface area contributed by atoms with Gasteiger partial charge in [-0.3, -0.25) is 9.59 Å². The molecule has 3 aromatic rings. The Labute approximate surface area is 230 Å². The molecular formula is C26H29F5N6O2S. The smallest absolute Gasteiger partial charge is 0.349 e. The molecule has 0 radical (unpaired) electrons. The molecule has 0 saturated heterocycles. The molecule has 2 amide bonds. The number of amides is 2. The molecule has 3 aromatic heterocycles. The van der Waals surface area contributed by atoms with Crippen LogP contribution in [0.15, 0.2) is 23.8 Å². The molecule has 0 aromatic carbocycles. The number of aryl methyl sites for hydroxylation is 1. The second-order valence-electron chi connectivity index (χ2n) is 10.7. The van der Waals surface area contributed by atoms with Crippen LogP contribution in [0.1, 0.15) is 90.8 Å². The number of aromatic nitrogens is 4. The summed E-state index contributed by atoms with van der Waals surface area (Å²) in [6.45, 7) is 1.72. The first kappa shape index (κ1) is 28.4. The van der Waals surface area contributed by atoms with Crippen LogP contribution in [0.3, 0.4) is 0 Å². The summed E-state index contributed by atoms with van der Waals surface area (Å²) in [5.74, 6) is -3.97. The Morgan fingerprint density at radius 2 is 1.82 bits per heavy atom. The standard InChI is InChI=1S/C26H29F5N6O2S/c1-14-18(13-40-36-14)24(39)35-23(16-4-7-25(27,28)8-5-16)19-12-37-20(33-19)10-17(11-32-37)22(15-2-3-15)34-21(38)6-9-26(29,30)31/h10-13,15-16,22-23H,2-9H2,1H3,(H,34,38)(H,35,39)/t22?,23-/m0/s1. The molecule has 8 nitrogen and oxygen atoms in total. The fourth-order valence-corrected chi connectivity index (χ4v) is 5.88. The number of hydrogen-bond donors (Lipinski definition) is 2. The predicted octanol–water partition coefficient (Wildman–Crippen LogP) is 5.70. The van der Waals surface area contributed by atoms with E-state index in [-0.39, 0.29) is 43.4 Å². The van der Waals surface area contributed by atoms with Crippen LogP contribution in [0.4, 0.5) is 22.0 Å². The lowest BCUT2D eigenvalue weighted by Crippen LogP contribution is -2.37. The lowest BCUT2D eigenvalue weighted by Gasteiger charge is -2.33. The van der Waals surface area contributed by atoms with Crippen molar-refractivity contribution in [3.8, 4) is 0 Å². The Bertz CT molecular complexity index is 1380. The zero-order valence-corrected chi connectivity index (χ0v) is 22.5. The topological polar surface area (TPSA) is 101 Å². The molecule has 2 N–H and O–H groups in total. The lowest BCUT2D eigenvalue weighted by molar-refractivity contribution is -0.144. The summed E-state index contributed by atoms with van der Waals surface area (Å²) in [6, 6.07) is 0.572. The number of nitrogens with zero attached hydrogens (tertiary/aromatic N) is 4. The summed E-state index contributed by atoms with van der Waals surface area (Å²) < 4.78 is 71.2. The van der Waals surface area contributed by atoms with E-state index >= 15 is 0 Å². The van der Waals surface area contributed by atoms with E-state index in [1.807, 2.05) is 0 Å². The minimum Gasteiger partial charge on any atom is -0.349 e. The third-order valence-electron chi connectivity index (χ3n) is 7.60. The third kappa shape index (κ3) is 6.76. The molecule has 2 fully saturated rings. The molecule has 3 heterocycles. The Balaban J connectivity index is 1.39. The first-order chi connectivity index (χ1) is 18.9. The highest BCUT2D eigenvalue weighted by molar-refractivity contribution is 7.03. The first-order valence-corrected chi connectivity index (χ1v) is 14.0. The minimum atomic E-state index is -4.42. The van der Waals surface area contributed by atoms with Gasteiger partial charge in [-0.25, -0.2) is 18.3 Å². The van der Waals surface area contributed by atoms with Crippen molar-refractivity contribution in [1.29, 1.82) is 0 Å². The van der Waals surface area contributed by atoms with Gasteiger partial charge < -0.3 is 10.6 Å². The molecular weight excluding hydrogens is 555 g/mol. The molecule has 14 heteroatoms. The summed E-state index contributed by atoms with van der Waals surface area (Å²) in [6.07, 6.45) is -1.58. The maximum absolute atomic E-state index is 13.9. The van der Waals surface area contributed by atoms with Crippen molar-refractivity contribution >= 4 is 29.0 Å². The van der Waals surface area contributed by atoms with Crippen molar-refractivity contribution in [3.05, 3.63) is 46.4 Å². The van der Waals surface area contributed by atoms with Gasteiger partial charge >= 0.3 is 6.18 Å². The van der Waals surface area contributed by atoms with Gasteiger partial charge in [0.2, 0.25) is 11.8 Å². The second kappa shape index (κ2) is 11.0. The number of carbonyl (C=O) groups is 2. The molecule has 0 spiro atoms. The lowest BCUT2D eigenvalue weighted by atomic mass is 9.81. The van der Waals surface area contributed by atoms with Gasteiger partial charge in [-0.15, -0.1) is 0 Å². The minimum absolute atomic E-state index is 0.0897. The summed E-state index contributed by atoms with van der Waals surface area (Å²) in [4.78, 5) is 30.0. The number of nitrogens with one attached hydrogen (secondary N) is 2. The van der Waals surface area contributed by atoms with Crippen LogP contribution in [-0.4, -0.2) is 42.9 Å². The van der Waals surface area contributed by atoms with Crippen LogP contribution in [0.5, 0.6) is 0 Å². The van der Waals surface area contributed by atoms with Crippen LogP contribution in [0, 0.1) is 18.8 Å². The molecule has 2 atom stereocenters. The quantitative estimate of drug-likeness (QED) is 0.314. The normalized spacial score (nSPS) is 19.4. The number of imidazole rings is 1. The van der Waals surface area contributed by atoms with Crippen molar-refractivity contribution in [2.75, 3.05) is 0 Å². The Morgan fingerprint density at radius 1 is 1.12 bits per heavy atom. The van der Waals surface area contributed by atoms with Crippen LogP contribution >= 0.6 is 11.5 Å². The molecule has 0 aliphatic heterocycles. The van der Waals surface area contributed by atoms with Gasteiger partial charge in [-0.1, -0.05) is 0 Å². The summed E-state index contributed by atoms with van der Waals surface area (Å²) in [5.41, 5.74) is 2.48. The first-order valence-electron chi connectivity index (χ1n) is 13.2. The average Bonchev–Trinajstić information content (AvgIpc) is 3.49. The molecule has 216 valence electrons. The number of alkyl halides is 5. The molecule has 1 unspecified atom stereocenters. The molecule has 40 heavy (non-hydrogen) atoms. The van der Waals surface area contributed by atoms with Crippen molar-refractivity contribution < 1.29 is 31.5 Å². The third-order valence-corrected chi connectivity index (χ3v) is 8.32. The van der Waals surface area contributed by atoms with Crippen molar-refractivity contribution in [2.45, 2.75) is 82.5 Å². The number of hydrogen-bond acceptors (Lipinski definition) is 6. The largest absolute Gasteiger partial charge is 0.389 e. The van der Waals surface area contributed by atoms with Gasteiger partial charge in [0.25, 0.3) is 5.91 Å². The fraction of sp³-hybridized carbons (Fsp3) is 0.577. The van der Waals surface area contributed by atoms with E-state index < -0.39 is 42.9 Å². The van der Waals surface area contributed by atoms with Crippen LogP contribution < -0.4 is 10.6 Å². The predicted molar refractivity (Wildman–Crippen MR) is 136 cm³/mol. The highest BCUT2D eigenvalue weighted by Gasteiger charge is 2.40. The molecule has 5 rings (SSSR count). The molecule has 2 aliphatic rings. The van der Waals surface area contributed by atoms with E-state index in [1.165, 1.54) is 4.52 Å². The van der Waals surface area contributed by atoms with E-state index in [4.69, 9.17) is 0 Å². The van der Waals surface area contributed by atoms with Gasteiger partial charge in [0.15, 0.2) is 5.65 Å². The van der Waals surface area contributed by atoms with E-state index in [1.54, 1.807) is 30.8 Å². The Kier molecular flexibility index (Phi) is 7.81. The Hall–Kier alpha value is -3.16. The second-order valence-corrected chi connectivity index (χ2v) is 11.3. The van der Waals surface area contributed by atoms with Crippen LogP contribution in [-0.2, 0) is 4.79 Å². The van der Waals surface area contributed by atoms with Gasteiger partial charge in [0, 0.05) is 24.6 Å². The van der Waals surface area contributed by atoms with Crippen molar-refractivity contribution in [3.63, 3.8) is 0 Å². The van der Waals surface area contributed by atoms with E-state index in [9.17, 15) is 31.5 Å². The SMILES string of the molecule is Cc1nscc1C(=O)N[C@H](c1cn2ncc(C(NC(=O)CCC(F)(F)F)C3CC3)cc2n1)C1CCC(F)(F)CC1. The van der Waals surface area contributed by atoms with E-state index in [0.29, 0.717) is 28.2 Å². The summed E-state index contributed by atoms with van der Waals surface area (Å²) in [5, 5.41) is 11.7. The van der Waals surface area contributed by atoms with Gasteiger partial charge in [-0.2, -0.15) is 22.6 Å². The zero-order chi connectivity index (χ0) is 28.7. The van der Waals surface area contributed by atoms with Crippen LogP contribution in [0.25, 0.3) is 5.65 Å². The monoisotopic (exact) mass is 584 g/mol. The maximum atomic E-state index is 13.9. The summed E-state index contributed by atoms with van der Waals surface area (Å²) in [7, 11) is 0. The fourth-order valence-electron chi connectivity index (χ4n) is 5.19. The van der Waals surface area contributed by atoms with Crippen molar-refractivity contribution in [1.82, 2.24) is 29.6 Å². The number of rotatable bonds is 9. The average molecular weight is 585 g/mol. The summed E-state index contributed by atoms with van der Waals surface area (Å²) >= 11 is 1.15. The highest BCUT2D eigenvalue weighted by Crippen LogP contribution is 2.43. The van der Waals surface area contributed by atoms with E-state index in [0.717, 1.165) is 24.4 Å². The van der Waals surface area contributed by atoms with Gasteiger partial charge in [0.1, 0.15) is 0 Å². The van der Waals surface area contributed by atoms with E-state index in [2.05, 4.69) is 25.1 Å². The number of halogens is 5. The highest BCUT2D eigenvalue weighted by atomic mass is 32.1. The van der Waals surface area contributed by atoms with Crippen molar-refractivity contribution in [2.24, 2.45) is 11.8 Å². The van der Waals surface area contributed by atoms with Gasteiger partial charge in [-0.05, 0) is 67.6 Å². The number of fused-ring (bicyclic) bond motifs is 1. The molecule has 0 bridgehead atoms. The Morgan fingerprint density at radius 3 is 2.45 bits per heavy atom. The zero-order valence-electron chi connectivity index (χ0n) is 21.7. The van der Waals surface area contributed by atoms with Gasteiger partial charge in [0.05, 0.1) is 47.8 Å². The maximum Gasteiger partial charge on any atom is 0.389 e. The van der Waals surface area contributed by atoms with Crippen LogP contribution in [0.2, 0.25) is 0 Å².